The predicted molar refractivity (Wildman–Crippen MR) is 29.3 cm³/mol. The van der Waals surface area contributed by atoms with E-state index in [9.17, 15) is 9.90 Å². The number of carbonyl (C=O) groups is 1. The van der Waals surface area contributed by atoms with Gasteiger partial charge in [0.05, 0.1) is 5.95 Å². The van der Waals surface area contributed by atoms with Crippen molar-refractivity contribution in [1.29, 1.82) is 0 Å². The van der Waals surface area contributed by atoms with Crippen LogP contribution in [0.5, 0.6) is 0 Å². The van der Waals surface area contributed by atoms with E-state index in [1.807, 2.05) is 0 Å². The van der Waals surface area contributed by atoms with Gasteiger partial charge in [-0.3, -0.25) is 0 Å². The van der Waals surface area contributed by atoms with Crippen LogP contribution in [0.15, 0.2) is 12.0 Å². The Morgan fingerprint density at radius 2 is 2.00 bits per heavy atom. The third-order valence-electron chi connectivity index (χ3n) is 0.928. The first-order chi connectivity index (χ1) is 4.49. The Labute approximate surface area is 86.5 Å². The van der Waals surface area contributed by atoms with Crippen molar-refractivity contribution in [3.05, 3.63) is 12.0 Å². The third kappa shape index (κ3) is 3.14. The van der Waals surface area contributed by atoms with Gasteiger partial charge >= 0.3 is 35.5 Å². The number of cyclic esters (lactones) is 1. The van der Waals surface area contributed by atoms with Crippen LogP contribution in [-0.4, -0.2) is 11.8 Å². The summed E-state index contributed by atoms with van der Waals surface area (Å²) in [5.74, 6) is -2.41. The topological polar surface area (TPSA) is 58.6 Å². The maximum absolute atomic E-state index is 10.5. The molecular formula is C6H7NaO4. The van der Waals surface area contributed by atoms with E-state index in [0.717, 1.165) is 6.08 Å². The fourth-order valence-electron chi connectivity index (χ4n) is 0.660. The van der Waals surface area contributed by atoms with E-state index < -0.39 is 17.7 Å². The van der Waals surface area contributed by atoms with Gasteiger partial charge < -0.3 is 14.6 Å². The molecule has 0 aromatic carbocycles. The average molecular weight is 166 g/mol. The van der Waals surface area contributed by atoms with Crippen molar-refractivity contribution >= 4 is 5.97 Å². The number of esters is 1. The molecule has 11 heavy (non-hydrogen) atoms. The maximum Gasteiger partial charge on any atom is 1.00 e. The molecule has 0 unspecified atom stereocenters. The van der Waals surface area contributed by atoms with Crippen LogP contribution in [0.3, 0.4) is 0 Å². The summed E-state index contributed by atoms with van der Waals surface area (Å²) in [6, 6.07) is 0. The van der Waals surface area contributed by atoms with Gasteiger partial charge in [-0.25, -0.2) is 4.79 Å². The second-order valence-corrected chi connectivity index (χ2v) is 2.39. The van der Waals surface area contributed by atoms with Crippen molar-refractivity contribution in [2.24, 2.45) is 0 Å². The Kier molecular flexibility index (Phi) is 3.41. The summed E-state index contributed by atoms with van der Waals surface area (Å²) in [4.78, 5) is 10.5. The Morgan fingerprint density at radius 1 is 1.45 bits per heavy atom. The normalized spacial score (nSPS) is 20.5. The molecule has 4 nitrogen and oxygen atoms in total. The van der Waals surface area contributed by atoms with Crippen LogP contribution >= 0.6 is 0 Å². The van der Waals surface area contributed by atoms with Gasteiger partial charge in [0.25, 0.3) is 0 Å². The molecule has 5 heteroatoms. The third-order valence-corrected chi connectivity index (χ3v) is 0.928. The van der Waals surface area contributed by atoms with Crippen LogP contribution in [0.25, 0.3) is 0 Å². The van der Waals surface area contributed by atoms with Crippen molar-refractivity contribution in [1.82, 2.24) is 0 Å². The fraction of sp³-hybridized carbons (Fsp3) is 0.500. The Balaban J connectivity index is 0.000001000. The first-order valence-corrected chi connectivity index (χ1v) is 2.80. The van der Waals surface area contributed by atoms with Crippen molar-refractivity contribution in [2.45, 2.75) is 19.6 Å². The SMILES string of the molecule is CC1(C)OC(=O)C=C([O-])O1.[Na+]. The van der Waals surface area contributed by atoms with E-state index in [-0.39, 0.29) is 29.6 Å². The van der Waals surface area contributed by atoms with Gasteiger partial charge in [-0.15, -0.1) is 0 Å². The molecule has 0 aliphatic carbocycles. The zero-order valence-electron chi connectivity index (χ0n) is 6.71. The molecule has 0 radical (unpaired) electrons. The quantitative estimate of drug-likeness (QED) is 0.277. The van der Waals surface area contributed by atoms with Gasteiger partial charge in [0.15, 0.2) is 5.79 Å². The largest absolute Gasteiger partial charge is 1.00 e. The van der Waals surface area contributed by atoms with Crippen molar-refractivity contribution in [3.63, 3.8) is 0 Å². The summed E-state index contributed by atoms with van der Waals surface area (Å²) in [5, 5.41) is 10.5. The minimum Gasteiger partial charge on any atom is -0.575 e. The van der Waals surface area contributed by atoms with Crippen LogP contribution in [-0.2, 0) is 14.3 Å². The molecule has 1 heterocycles. The number of hydrogen-bond acceptors (Lipinski definition) is 4. The van der Waals surface area contributed by atoms with Gasteiger partial charge in [0.1, 0.15) is 0 Å². The second-order valence-electron chi connectivity index (χ2n) is 2.39. The van der Waals surface area contributed by atoms with Gasteiger partial charge in [-0.2, -0.15) is 0 Å². The molecule has 0 aromatic rings. The molecule has 0 amide bonds. The van der Waals surface area contributed by atoms with Crippen LogP contribution < -0.4 is 34.7 Å². The standard InChI is InChI=1S/C6H8O4.Na/c1-6(2)9-4(7)3-5(8)10-6;/h3,7H,1-2H3;/q;+1/p-1. The zero-order valence-corrected chi connectivity index (χ0v) is 8.71. The van der Waals surface area contributed by atoms with Crippen molar-refractivity contribution in [2.75, 3.05) is 0 Å². The summed E-state index contributed by atoms with van der Waals surface area (Å²) >= 11 is 0. The van der Waals surface area contributed by atoms with E-state index in [4.69, 9.17) is 0 Å². The van der Waals surface area contributed by atoms with Gasteiger partial charge in [-0.1, -0.05) is 0 Å². The van der Waals surface area contributed by atoms with Crippen LogP contribution in [0, 0.1) is 0 Å². The molecule has 0 saturated heterocycles. The molecule has 0 atom stereocenters. The van der Waals surface area contributed by atoms with Gasteiger partial charge in [0.2, 0.25) is 0 Å². The second kappa shape index (κ2) is 3.47. The summed E-state index contributed by atoms with van der Waals surface area (Å²) in [7, 11) is 0. The maximum atomic E-state index is 10.5. The van der Waals surface area contributed by atoms with E-state index in [1.54, 1.807) is 0 Å². The number of carbonyl (C=O) groups excluding carboxylic acids is 1. The van der Waals surface area contributed by atoms with Gasteiger partial charge in [0, 0.05) is 6.08 Å². The first-order valence-electron chi connectivity index (χ1n) is 2.80. The fourth-order valence-corrected chi connectivity index (χ4v) is 0.660. The molecule has 0 aromatic heterocycles. The molecule has 0 fully saturated rings. The number of hydrogen-bond donors (Lipinski definition) is 0. The van der Waals surface area contributed by atoms with E-state index in [1.165, 1.54) is 13.8 Å². The van der Waals surface area contributed by atoms with E-state index >= 15 is 0 Å². The minimum absolute atomic E-state index is 0. The van der Waals surface area contributed by atoms with Gasteiger partial charge in [-0.05, 0) is 13.8 Å². The first kappa shape index (κ1) is 10.8. The summed E-state index contributed by atoms with van der Waals surface area (Å²) in [6.45, 7) is 2.99. The number of rotatable bonds is 0. The number of ether oxygens (including phenoxy) is 2. The molecular weight excluding hydrogens is 159 g/mol. The molecule has 1 rings (SSSR count). The summed E-state index contributed by atoms with van der Waals surface area (Å²) < 4.78 is 9.21. The van der Waals surface area contributed by atoms with E-state index in [2.05, 4.69) is 9.47 Å². The van der Waals surface area contributed by atoms with Crippen LogP contribution in [0.2, 0.25) is 0 Å². The Bertz CT molecular complexity index is 197. The molecule has 0 saturated carbocycles. The average Bonchev–Trinajstić information content (AvgIpc) is 1.54. The summed E-state index contributed by atoms with van der Waals surface area (Å²) in [5.41, 5.74) is 0. The van der Waals surface area contributed by atoms with Crippen LogP contribution in [0.4, 0.5) is 0 Å². The zero-order chi connectivity index (χ0) is 7.78. The van der Waals surface area contributed by atoms with Crippen LogP contribution in [0.1, 0.15) is 13.8 Å². The predicted octanol–water partition coefficient (Wildman–Crippen LogP) is -3.50. The molecule has 56 valence electrons. The molecule has 0 N–H and O–H groups in total. The summed E-state index contributed by atoms with van der Waals surface area (Å²) in [6.07, 6.45) is 0.769. The minimum atomic E-state index is -1.11. The monoisotopic (exact) mass is 166 g/mol. The molecule has 1 aliphatic rings. The molecule has 1 aliphatic heterocycles. The van der Waals surface area contributed by atoms with E-state index in [0.29, 0.717) is 0 Å². The molecule has 0 bridgehead atoms. The Morgan fingerprint density at radius 3 is 2.36 bits per heavy atom. The van der Waals surface area contributed by atoms with Crippen molar-refractivity contribution in [3.8, 4) is 0 Å². The smallest absolute Gasteiger partial charge is 0.575 e. The molecule has 0 spiro atoms. The van der Waals surface area contributed by atoms with Crippen molar-refractivity contribution < 1.29 is 48.9 Å². The Hall–Kier alpha value is -0.190.